The van der Waals surface area contributed by atoms with E-state index in [1.807, 2.05) is 73.1 Å². The largest absolute Gasteiger partial charge is 0.439 e. The quantitative estimate of drug-likeness (QED) is 0.310. The summed E-state index contributed by atoms with van der Waals surface area (Å²) in [6.07, 6.45) is 1.08. The predicted octanol–water partition coefficient (Wildman–Crippen LogP) is 5.06. The van der Waals surface area contributed by atoms with Crippen molar-refractivity contribution in [1.82, 2.24) is 14.7 Å². The van der Waals surface area contributed by atoms with E-state index in [0.717, 1.165) is 28.3 Å². The number of aliphatic hydroxyl groups is 1. The van der Waals surface area contributed by atoms with Crippen LogP contribution in [0.25, 0.3) is 5.69 Å². The van der Waals surface area contributed by atoms with Crippen LogP contribution in [-0.4, -0.2) is 51.7 Å². The van der Waals surface area contributed by atoms with Crippen molar-refractivity contribution in [2.45, 2.75) is 46.4 Å². The highest BCUT2D eigenvalue weighted by Crippen LogP contribution is 2.32. The van der Waals surface area contributed by atoms with Gasteiger partial charge in [-0.05, 0) is 57.5 Å². The first kappa shape index (κ1) is 24.7. The van der Waals surface area contributed by atoms with E-state index in [-0.39, 0.29) is 12.6 Å². The lowest BCUT2D eigenvalue weighted by molar-refractivity contribution is 0.0177. The van der Waals surface area contributed by atoms with Crippen LogP contribution in [0.1, 0.15) is 30.7 Å². The number of benzene rings is 2. The van der Waals surface area contributed by atoms with Crippen molar-refractivity contribution >= 4 is 0 Å². The maximum Gasteiger partial charge on any atom is 0.227 e. The molecular formula is C27H35N3O3. The predicted molar refractivity (Wildman–Crippen MR) is 132 cm³/mol. The van der Waals surface area contributed by atoms with Gasteiger partial charge in [0.2, 0.25) is 5.88 Å². The summed E-state index contributed by atoms with van der Waals surface area (Å²) in [7, 11) is 0. The SMILES string of the molecule is C=CCOC[C@H](O)CN(Cc1c(C)nn(-c2ccccc2)c1Oc1cccc(C)c1)C(C)C. The van der Waals surface area contributed by atoms with Crippen LogP contribution >= 0.6 is 0 Å². The number of hydrogen-bond donors (Lipinski definition) is 1. The Labute approximate surface area is 197 Å². The normalized spacial score (nSPS) is 12.3. The Balaban J connectivity index is 1.93. The van der Waals surface area contributed by atoms with Gasteiger partial charge in [-0.15, -0.1) is 6.58 Å². The molecule has 1 aromatic heterocycles. The van der Waals surface area contributed by atoms with Gasteiger partial charge < -0.3 is 14.6 Å². The zero-order chi connectivity index (χ0) is 23.8. The van der Waals surface area contributed by atoms with Gasteiger partial charge in [0.05, 0.1) is 36.3 Å². The monoisotopic (exact) mass is 449 g/mol. The van der Waals surface area contributed by atoms with Crippen LogP contribution < -0.4 is 4.74 Å². The third-order valence-electron chi connectivity index (χ3n) is 5.42. The summed E-state index contributed by atoms with van der Waals surface area (Å²) in [5.41, 5.74) is 3.95. The summed E-state index contributed by atoms with van der Waals surface area (Å²) in [5, 5.41) is 15.3. The fraction of sp³-hybridized carbons (Fsp3) is 0.370. The molecule has 0 bridgehead atoms. The number of aromatic nitrogens is 2. The summed E-state index contributed by atoms with van der Waals surface area (Å²) in [5.74, 6) is 1.45. The topological polar surface area (TPSA) is 59.8 Å². The Bertz CT molecular complexity index is 1030. The Morgan fingerprint density at radius 3 is 2.55 bits per heavy atom. The Kier molecular flexibility index (Phi) is 8.83. The lowest BCUT2D eigenvalue weighted by Gasteiger charge is -2.29. The van der Waals surface area contributed by atoms with Crippen molar-refractivity contribution in [2.75, 3.05) is 19.8 Å². The van der Waals surface area contributed by atoms with Crippen molar-refractivity contribution in [1.29, 1.82) is 0 Å². The van der Waals surface area contributed by atoms with E-state index < -0.39 is 6.10 Å². The molecule has 6 nitrogen and oxygen atoms in total. The molecule has 33 heavy (non-hydrogen) atoms. The molecular weight excluding hydrogens is 414 g/mol. The minimum Gasteiger partial charge on any atom is -0.439 e. The molecule has 3 aromatic rings. The summed E-state index contributed by atoms with van der Waals surface area (Å²) >= 11 is 0. The van der Waals surface area contributed by atoms with Gasteiger partial charge in [-0.25, -0.2) is 4.68 Å². The zero-order valence-corrected chi connectivity index (χ0v) is 20.1. The Morgan fingerprint density at radius 2 is 1.88 bits per heavy atom. The molecule has 2 aromatic carbocycles. The fourth-order valence-electron chi connectivity index (χ4n) is 3.63. The lowest BCUT2D eigenvalue weighted by Crippen LogP contribution is -2.39. The molecule has 0 saturated heterocycles. The van der Waals surface area contributed by atoms with Gasteiger partial charge in [-0.2, -0.15) is 5.10 Å². The van der Waals surface area contributed by atoms with Crippen LogP contribution in [0, 0.1) is 13.8 Å². The van der Waals surface area contributed by atoms with E-state index in [1.165, 1.54) is 0 Å². The van der Waals surface area contributed by atoms with Crippen molar-refractivity contribution in [3.8, 4) is 17.3 Å². The number of aryl methyl sites for hydroxylation is 2. The summed E-state index contributed by atoms with van der Waals surface area (Å²) in [4.78, 5) is 2.21. The van der Waals surface area contributed by atoms with E-state index in [1.54, 1.807) is 6.08 Å². The third-order valence-corrected chi connectivity index (χ3v) is 5.42. The standard InChI is InChI=1S/C27H35N3O3/c1-6-15-32-19-24(31)17-29(20(2)3)18-26-22(5)28-30(23-12-8-7-9-13-23)27(26)33-25-14-10-11-21(4)16-25/h6-14,16,20,24,31H,1,15,17-19H2,2-5H3/t24-/m1/s1. The number of nitrogens with zero attached hydrogens (tertiary/aromatic N) is 3. The molecule has 6 heteroatoms. The molecule has 1 heterocycles. The molecule has 0 saturated carbocycles. The fourth-order valence-corrected chi connectivity index (χ4v) is 3.63. The summed E-state index contributed by atoms with van der Waals surface area (Å²) in [6.45, 7) is 13.7. The van der Waals surface area contributed by atoms with Gasteiger partial charge in [0.25, 0.3) is 0 Å². The van der Waals surface area contributed by atoms with Gasteiger partial charge in [-0.3, -0.25) is 4.90 Å². The third kappa shape index (κ3) is 6.78. The average Bonchev–Trinajstić information content (AvgIpc) is 3.09. The maximum atomic E-state index is 10.5. The van der Waals surface area contributed by atoms with Crippen LogP contribution in [0.15, 0.2) is 67.3 Å². The number of ether oxygens (including phenoxy) is 2. The first-order valence-corrected chi connectivity index (χ1v) is 11.4. The highest BCUT2D eigenvalue weighted by molar-refractivity contribution is 5.43. The number of aliphatic hydroxyl groups excluding tert-OH is 1. The summed E-state index contributed by atoms with van der Waals surface area (Å²) < 4.78 is 13.7. The first-order chi connectivity index (χ1) is 15.9. The van der Waals surface area contributed by atoms with Gasteiger partial charge in [0.1, 0.15) is 5.75 Å². The molecule has 0 amide bonds. The van der Waals surface area contributed by atoms with Gasteiger partial charge >= 0.3 is 0 Å². The molecule has 176 valence electrons. The van der Waals surface area contributed by atoms with Crippen LogP contribution in [0.3, 0.4) is 0 Å². The second-order valence-corrected chi connectivity index (χ2v) is 8.54. The van der Waals surface area contributed by atoms with E-state index >= 15 is 0 Å². The molecule has 0 aliphatic carbocycles. The van der Waals surface area contributed by atoms with Gasteiger partial charge in [0, 0.05) is 19.1 Å². The minimum atomic E-state index is -0.599. The Hall–Kier alpha value is -2.93. The van der Waals surface area contributed by atoms with Crippen LogP contribution in [0.5, 0.6) is 11.6 Å². The van der Waals surface area contributed by atoms with E-state index in [9.17, 15) is 5.11 Å². The zero-order valence-electron chi connectivity index (χ0n) is 20.1. The highest BCUT2D eigenvalue weighted by Gasteiger charge is 2.24. The smallest absolute Gasteiger partial charge is 0.227 e. The van der Waals surface area contributed by atoms with Crippen LogP contribution in [-0.2, 0) is 11.3 Å². The molecule has 0 aliphatic rings. The molecule has 0 aliphatic heterocycles. The van der Waals surface area contributed by atoms with E-state index in [4.69, 9.17) is 14.6 Å². The summed E-state index contributed by atoms with van der Waals surface area (Å²) in [6, 6.07) is 18.2. The molecule has 1 N–H and O–H groups in total. The maximum absolute atomic E-state index is 10.5. The second kappa shape index (κ2) is 11.8. The van der Waals surface area contributed by atoms with Gasteiger partial charge in [-0.1, -0.05) is 36.4 Å². The average molecular weight is 450 g/mol. The molecule has 0 unspecified atom stereocenters. The molecule has 1 atom stereocenters. The van der Waals surface area contributed by atoms with Gasteiger partial charge in [0.15, 0.2) is 0 Å². The molecule has 0 radical (unpaired) electrons. The minimum absolute atomic E-state index is 0.213. The van der Waals surface area contributed by atoms with E-state index in [2.05, 4.69) is 25.3 Å². The molecule has 0 fully saturated rings. The van der Waals surface area contributed by atoms with Crippen molar-refractivity contribution in [2.24, 2.45) is 0 Å². The van der Waals surface area contributed by atoms with Crippen molar-refractivity contribution in [3.63, 3.8) is 0 Å². The second-order valence-electron chi connectivity index (χ2n) is 8.54. The van der Waals surface area contributed by atoms with Crippen molar-refractivity contribution < 1.29 is 14.6 Å². The first-order valence-electron chi connectivity index (χ1n) is 11.4. The van der Waals surface area contributed by atoms with E-state index in [0.29, 0.717) is 25.6 Å². The number of para-hydroxylation sites is 1. The number of hydrogen-bond acceptors (Lipinski definition) is 5. The van der Waals surface area contributed by atoms with Crippen LogP contribution in [0.2, 0.25) is 0 Å². The highest BCUT2D eigenvalue weighted by atomic mass is 16.5. The molecule has 0 spiro atoms. The number of rotatable bonds is 12. The van der Waals surface area contributed by atoms with Crippen molar-refractivity contribution in [3.05, 3.63) is 84.1 Å². The Morgan fingerprint density at radius 1 is 1.12 bits per heavy atom. The van der Waals surface area contributed by atoms with Crippen LogP contribution in [0.4, 0.5) is 0 Å². The lowest BCUT2D eigenvalue weighted by atomic mass is 10.2. The molecule has 3 rings (SSSR count).